The van der Waals surface area contributed by atoms with Gasteiger partial charge in [-0.3, -0.25) is 19.6 Å². The van der Waals surface area contributed by atoms with E-state index < -0.39 is 6.61 Å². The summed E-state index contributed by atoms with van der Waals surface area (Å²) >= 11 is 1.49. The number of hydrazine groups is 1. The van der Waals surface area contributed by atoms with Crippen molar-refractivity contribution < 1.29 is 33.0 Å². The van der Waals surface area contributed by atoms with Gasteiger partial charge in [0.05, 0.1) is 19.4 Å². The number of carbonyl (C=O) groups excluding carboxylic acids is 3. The molecular weight excluding hydrogens is 568 g/mol. The van der Waals surface area contributed by atoms with Gasteiger partial charge in [0, 0.05) is 59.5 Å². The Hall–Kier alpha value is -3.91. The Kier molecular flexibility index (Phi) is 19.6. The van der Waals surface area contributed by atoms with Crippen molar-refractivity contribution in [2.75, 3.05) is 27.2 Å². The number of aromatic amines is 1. The van der Waals surface area contributed by atoms with Crippen LogP contribution in [0.1, 0.15) is 35.3 Å². The first-order valence-electron chi connectivity index (χ1n) is 12.9. The Morgan fingerprint density at radius 1 is 1.21 bits per heavy atom. The van der Waals surface area contributed by atoms with Gasteiger partial charge in [0.1, 0.15) is 12.6 Å². The molecule has 3 rings (SSSR count). The van der Waals surface area contributed by atoms with E-state index in [-0.39, 0.29) is 12.5 Å². The number of aliphatic hydroxyl groups is 1. The van der Waals surface area contributed by atoms with Gasteiger partial charge >= 0.3 is 6.61 Å². The molecule has 10 nitrogen and oxygen atoms in total. The maximum Gasteiger partial charge on any atom is 0.345 e. The average Bonchev–Trinajstić information content (AvgIpc) is 3.43. The predicted molar refractivity (Wildman–Crippen MR) is 160 cm³/mol. The molecule has 228 valence electrons. The number of fused-ring (bicyclic) bond motifs is 1. The molecule has 4 N–H and O–H groups in total. The summed E-state index contributed by atoms with van der Waals surface area (Å²) in [5, 5.41) is 15.7. The monoisotopic (exact) mass is 605 g/mol. The van der Waals surface area contributed by atoms with Gasteiger partial charge in [-0.15, -0.1) is 0 Å². The minimum atomic E-state index is -2.62. The number of hydrogen-bond acceptors (Lipinski definition) is 9. The van der Waals surface area contributed by atoms with Crippen molar-refractivity contribution in [2.24, 2.45) is 0 Å². The van der Waals surface area contributed by atoms with Gasteiger partial charge in [0.2, 0.25) is 0 Å². The molecule has 0 radical (unpaired) electrons. The summed E-state index contributed by atoms with van der Waals surface area (Å²) in [5.74, 6) is -0.0172. The quantitative estimate of drug-likeness (QED) is 0.0470. The van der Waals surface area contributed by atoms with E-state index in [9.17, 15) is 23.2 Å². The minimum Gasteiger partial charge on any atom is -0.516 e. The summed E-state index contributed by atoms with van der Waals surface area (Å²) in [6, 6.07) is 11.3. The highest BCUT2D eigenvalue weighted by atomic mass is 32.2. The highest BCUT2D eigenvalue weighted by Crippen LogP contribution is 2.19. The number of benzene rings is 1. The number of aldehydes is 2. The Labute approximate surface area is 248 Å². The molecule has 0 aliphatic heterocycles. The molecule has 0 atom stereocenters. The van der Waals surface area contributed by atoms with Crippen LogP contribution < -0.4 is 10.7 Å². The molecule has 0 aliphatic rings. The standard InChI is InChI=1S/C16H23N5O2.C11H10O2S.C2H4F2O/c1-17-12-16(23)21(7-3-2-4-8-22)19-11-14-9-13-10-18-6-5-15(13)20-14;12-6-1-2-7-14-11-5-3-4-10(8-11)9-13;1-5-2(3)4/h5-6,8-10,17,19-20H,2-4,7,11-12H2,1H3;1-9,12H;2H,1H3/b;6-1+,7-2-;. The first kappa shape index (κ1) is 36.1. The van der Waals surface area contributed by atoms with Gasteiger partial charge in [0.15, 0.2) is 0 Å². The van der Waals surface area contributed by atoms with Crippen molar-refractivity contribution >= 4 is 41.1 Å². The summed E-state index contributed by atoms with van der Waals surface area (Å²) in [5.41, 5.74) is 5.84. The summed E-state index contributed by atoms with van der Waals surface area (Å²) in [6.07, 6.45) is 11.6. The first-order valence-corrected chi connectivity index (χ1v) is 13.8. The second-order valence-electron chi connectivity index (χ2n) is 8.31. The highest BCUT2D eigenvalue weighted by molar-refractivity contribution is 8.02. The SMILES string of the molecule is CNCC(=O)N(CCCCC=O)NCc1cc2cnccc2[nH]1.COC(F)F.O=Cc1cccc(S/C=C\C=C\O)c1. The molecule has 1 aromatic carbocycles. The third kappa shape index (κ3) is 15.8. The van der Waals surface area contributed by atoms with E-state index >= 15 is 0 Å². The van der Waals surface area contributed by atoms with Crippen LogP contribution >= 0.6 is 11.8 Å². The first-order chi connectivity index (χ1) is 20.4. The molecule has 0 bridgehead atoms. The van der Waals surface area contributed by atoms with Crippen LogP contribution in [0.5, 0.6) is 0 Å². The van der Waals surface area contributed by atoms with Crippen molar-refractivity contribution in [3.05, 3.63) is 83.9 Å². The average molecular weight is 606 g/mol. The lowest BCUT2D eigenvalue weighted by atomic mass is 10.2. The molecule has 2 aromatic heterocycles. The molecular formula is C29H37F2N5O5S. The van der Waals surface area contributed by atoms with Gasteiger partial charge in [-0.1, -0.05) is 30.0 Å². The smallest absolute Gasteiger partial charge is 0.345 e. The summed E-state index contributed by atoms with van der Waals surface area (Å²) in [7, 11) is 2.69. The molecule has 0 unspecified atom stereocenters. The van der Waals surface area contributed by atoms with E-state index in [1.807, 2.05) is 35.7 Å². The summed E-state index contributed by atoms with van der Waals surface area (Å²) < 4.78 is 24.5. The number of rotatable bonds is 15. The van der Waals surface area contributed by atoms with Gasteiger partial charge in [0.25, 0.3) is 5.91 Å². The van der Waals surface area contributed by atoms with Crippen molar-refractivity contribution in [1.82, 2.24) is 25.7 Å². The number of hydrogen-bond donors (Lipinski definition) is 4. The van der Waals surface area contributed by atoms with Crippen molar-refractivity contribution in [1.29, 1.82) is 0 Å². The van der Waals surface area contributed by atoms with Crippen LogP contribution in [0.15, 0.2) is 77.5 Å². The zero-order valence-corrected chi connectivity index (χ0v) is 24.4. The molecule has 0 saturated heterocycles. The number of alkyl halides is 2. The maximum atomic E-state index is 12.1. The number of ether oxygens (including phenoxy) is 1. The van der Waals surface area contributed by atoms with Crippen LogP contribution in [0.25, 0.3) is 10.9 Å². The number of pyridine rings is 1. The van der Waals surface area contributed by atoms with E-state index in [4.69, 9.17) is 5.11 Å². The second kappa shape index (κ2) is 22.7. The fourth-order valence-corrected chi connectivity index (χ4v) is 3.91. The maximum absolute atomic E-state index is 12.1. The molecule has 42 heavy (non-hydrogen) atoms. The fourth-order valence-electron chi connectivity index (χ4n) is 3.22. The Morgan fingerprint density at radius 3 is 2.64 bits per heavy atom. The number of nitrogens with one attached hydrogen (secondary N) is 3. The third-order valence-electron chi connectivity index (χ3n) is 5.17. The Balaban J connectivity index is 0.000000393. The third-order valence-corrected chi connectivity index (χ3v) is 5.99. The van der Waals surface area contributed by atoms with Crippen LogP contribution in [-0.4, -0.2) is 72.4 Å². The second-order valence-corrected chi connectivity index (χ2v) is 9.28. The molecule has 0 spiro atoms. The molecule has 0 saturated carbocycles. The lowest BCUT2D eigenvalue weighted by Gasteiger charge is -2.23. The summed E-state index contributed by atoms with van der Waals surface area (Å²) in [4.78, 5) is 41.3. The van der Waals surface area contributed by atoms with Gasteiger partial charge in [-0.2, -0.15) is 8.78 Å². The van der Waals surface area contributed by atoms with E-state index in [2.05, 4.69) is 25.4 Å². The van der Waals surface area contributed by atoms with Gasteiger partial charge in [-0.25, -0.2) is 5.43 Å². The van der Waals surface area contributed by atoms with Crippen LogP contribution in [0.4, 0.5) is 8.78 Å². The van der Waals surface area contributed by atoms with Crippen molar-refractivity contribution in [3.8, 4) is 0 Å². The number of amides is 1. The van der Waals surface area contributed by atoms with Crippen LogP contribution in [0.3, 0.4) is 0 Å². The number of allylic oxidation sites excluding steroid dienone is 2. The Morgan fingerprint density at radius 2 is 2.00 bits per heavy atom. The number of H-pyrrole nitrogens is 1. The number of unbranched alkanes of at least 4 members (excludes halogenated alkanes) is 2. The molecule has 13 heteroatoms. The number of nitrogens with zero attached hydrogens (tertiary/aromatic N) is 2. The highest BCUT2D eigenvalue weighted by Gasteiger charge is 2.12. The topological polar surface area (TPSA) is 137 Å². The van der Waals surface area contributed by atoms with Crippen molar-refractivity contribution in [2.45, 2.75) is 37.3 Å². The number of methoxy groups -OCH3 is 1. The number of aromatic nitrogens is 2. The van der Waals surface area contributed by atoms with E-state index in [0.29, 0.717) is 25.1 Å². The number of carbonyl (C=O) groups is 3. The predicted octanol–water partition coefficient (Wildman–Crippen LogP) is 5.02. The molecule has 1 amide bonds. The van der Waals surface area contributed by atoms with E-state index in [0.717, 1.165) is 60.3 Å². The summed E-state index contributed by atoms with van der Waals surface area (Å²) in [6.45, 7) is -1.24. The number of halogens is 2. The fraction of sp³-hybridized carbons (Fsp3) is 0.310. The van der Waals surface area contributed by atoms with Crippen LogP contribution in [0.2, 0.25) is 0 Å². The zero-order valence-electron chi connectivity index (χ0n) is 23.5. The minimum absolute atomic E-state index is 0.0172. The van der Waals surface area contributed by atoms with Gasteiger partial charge < -0.3 is 24.9 Å². The lowest BCUT2D eigenvalue weighted by molar-refractivity contribution is -0.133. The largest absolute Gasteiger partial charge is 0.516 e. The Bertz CT molecular complexity index is 1220. The van der Waals surface area contributed by atoms with Crippen LogP contribution in [0, 0.1) is 0 Å². The van der Waals surface area contributed by atoms with E-state index in [1.165, 1.54) is 17.8 Å². The van der Waals surface area contributed by atoms with E-state index in [1.54, 1.807) is 36.6 Å². The molecule has 2 heterocycles. The van der Waals surface area contributed by atoms with Crippen molar-refractivity contribution in [3.63, 3.8) is 0 Å². The normalized spacial score (nSPS) is 10.8. The zero-order chi connectivity index (χ0) is 31.0. The lowest BCUT2D eigenvalue weighted by Crippen LogP contribution is -2.46. The number of likely N-dealkylation sites (N-methyl/N-ethyl adjacent to an activating group) is 1. The molecule has 0 fully saturated rings. The van der Waals surface area contributed by atoms with Crippen LogP contribution in [-0.2, 0) is 20.9 Å². The number of aliphatic hydroxyl groups excluding tert-OH is 1. The number of thioether (sulfide) groups is 1. The molecule has 0 aliphatic carbocycles. The van der Waals surface area contributed by atoms with Gasteiger partial charge in [-0.05, 0) is 55.6 Å². The molecule has 3 aromatic rings.